The minimum absolute atomic E-state index is 0.0321. The van der Waals surface area contributed by atoms with Gasteiger partial charge in [-0.1, -0.05) is 12.8 Å². The zero-order valence-electron chi connectivity index (χ0n) is 11.8. The van der Waals surface area contributed by atoms with Gasteiger partial charge in [0.2, 0.25) is 0 Å². The minimum atomic E-state index is -1.08. The molecule has 0 aromatic heterocycles. The fourth-order valence-corrected chi connectivity index (χ4v) is 2.58. The van der Waals surface area contributed by atoms with Crippen molar-refractivity contribution in [3.8, 4) is 0 Å². The van der Waals surface area contributed by atoms with Crippen molar-refractivity contribution in [3.63, 3.8) is 0 Å². The molecule has 4 nitrogen and oxygen atoms in total. The molecular weight excluding hydrogens is 280 g/mol. The van der Waals surface area contributed by atoms with Crippen molar-refractivity contribution in [1.82, 2.24) is 4.90 Å². The Morgan fingerprint density at radius 1 is 1.24 bits per heavy atom. The van der Waals surface area contributed by atoms with Gasteiger partial charge in [0.05, 0.1) is 7.11 Å². The average Bonchev–Trinajstić information content (AvgIpc) is 3.00. The van der Waals surface area contributed by atoms with Gasteiger partial charge in [0.25, 0.3) is 5.91 Å². The van der Waals surface area contributed by atoms with Gasteiger partial charge in [-0.3, -0.25) is 9.59 Å². The molecule has 1 aliphatic rings. The lowest BCUT2D eigenvalue weighted by molar-refractivity contribution is -0.141. The third kappa shape index (κ3) is 3.56. The van der Waals surface area contributed by atoms with Crippen molar-refractivity contribution in [2.45, 2.75) is 31.7 Å². The molecule has 1 aromatic carbocycles. The first-order chi connectivity index (χ1) is 10.0. The summed E-state index contributed by atoms with van der Waals surface area (Å²) in [4.78, 5) is 25.4. The van der Waals surface area contributed by atoms with Crippen molar-refractivity contribution in [2.24, 2.45) is 0 Å². The van der Waals surface area contributed by atoms with Crippen LogP contribution in [0.4, 0.5) is 8.78 Å². The van der Waals surface area contributed by atoms with Gasteiger partial charge in [-0.05, 0) is 31.0 Å². The van der Waals surface area contributed by atoms with Crippen LogP contribution in [0, 0.1) is 11.6 Å². The van der Waals surface area contributed by atoms with E-state index in [0.29, 0.717) is 0 Å². The minimum Gasteiger partial charge on any atom is -0.468 e. The zero-order chi connectivity index (χ0) is 15.4. The molecule has 0 radical (unpaired) electrons. The maximum Gasteiger partial charge on any atom is 0.325 e. The highest BCUT2D eigenvalue weighted by atomic mass is 19.2. The molecule has 0 atom stereocenters. The number of halogens is 2. The highest BCUT2D eigenvalue weighted by Gasteiger charge is 2.29. The first-order valence-corrected chi connectivity index (χ1v) is 6.85. The monoisotopic (exact) mass is 297 g/mol. The molecule has 0 unspecified atom stereocenters. The summed E-state index contributed by atoms with van der Waals surface area (Å²) in [6, 6.07) is 2.93. The van der Waals surface area contributed by atoms with Crippen LogP contribution in [0.5, 0.6) is 0 Å². The maximum atomic E-state index is 13.3. The summed E-state index contributed by atoms with van der Waals surface area (Å²) in [5, 5.41) is 0. The van der Waals surface area contributed by atoms with E-state index < -0.39 is 23.5 Å². The second-order valence-electron chi connectivity index (χ2n) is 5.08. The molecule has 1 aliphatic carbocycles. The van der Waals surface area contributed by atoms with Gasteiger partial charge < -0.3 is 9.64 Å². The van der Waals surface area contributed by atoms with Crippen LogP contribution in [0.3, 0.4) is 0 Å². The highest BCUT2D eigenvalue weighted by Crippen LogP contribution is 2.25. The summed E-state index contributed by atoms with van der Waals surface area (Å²) in [5.41, 5.74) is 0.0321. The van der Waals surface area contributed by atoms with Gasteiger partial charge in [-0.2, -0.15) is 0 Å². The van der Waals surface area contributed by atoms with Crippen molar-refractivity contribution in [3.05, 3.63) is 35.4 Å². The standard InChI is InChI=1S/C15H17F2NO3/c1-21-14(19)9-18(11-4-2-3-5-11)15(20)10-6-7-12(16)13(17)8-10/h6-8,11H,2-5,9H2,1H3. The predicted molar refractivity (Wildman–Crippen MR) is 71.7 cm³/mol. The van der Waals surface area contributed by atoms with E-state index in [1.165, 1.54) is 18.1 Å². The van der Waals surface area contributed by atoms with E-state index in [1.807, 2.05) is 0 Å². The van der Waals surface area contributed by atoms with Crippen LogP contribution < -0.4 is 0 Å². The Labute approximate surface area is 121 Å². The molecule has 1 aromatic rings. The average molecular weight is 297 g/mol. The number of hydrogen-bond donors (Lipinski definition) is 0. The Balaban J connectivity index is 2.23. The van der Waals surface area contributed by atoms with Crippen molar-refractivity contribution in [1.29, 1.82) is 0 Å². The third-order valence-electron chi connectivity index (χ3n) is 3.72. The van der Waals surface area contributed by atoms with E-state index in [4.69, 9.17) is 0 Å². The lowest BCUT2D eigenvalue weighted by Crippen LogP contribution is -2.42. The first-order valence-electron chi connectivity index (χ1n) is 6.85. The van der Waals surface area contributed by atoms with E-state index in [1.54, 1.807) is 0 Å². The number of esters is 1. The zero-order valence-corrected chi connectivity index (χ0v) is 11.8. The number of ether oxygens (including phenoxy) is 1. The summed E-state index contributed by atoms with van der Waals surface area (Å²) < 4.78 is 30.8. The van der Waals surface area contributed by atoms with E-state index in [2.05, 4.69) is 4.74 Å². The van der Waals surface area contributed by atoms with Crippen LogP contribution >= 0.6 is 0 Å². The van der Waals surface area contributed by atoms with Gasteiger partial charge in [0, 0.05) is 11.6 Å². The molecule has 114 valence electrons. The number of nitrogens with zero attached hydrogens (tertiary/aromatic N) is 1. The number of rotatable bonds is 4. The summed E-state index contributed by atoms with van der Waals surface area (Å²) >= 11 is 0. The normalized spacial score (nSPS) is 15.0. The Kier molecular flexibility index (Phi) is 4.88. The molecule has 0 spiro atoms. The number of methoxy groups -OCH3 is 1. The first kappa shape index (κ1) is 15.4. The summed E-state index contributed by atoms with van der Waals surface area (Å²) in [6.07, 6.45) is 3.56. The van der Waals surface area contributed by atoms with Crippen LogP contribution in [0.15, 0.2) is 18.2 Å². The fraction of sp³-hybridized carbons (Fsp3) is 0.467. The third-order valence-corrected chi connectivity index (χ3v) is 3.72. The van der Waals surface area contributed by atoms with E-state index >= 15 is 0 Å². The Bertz CT molecular complexity index is 542. The van der Waals surface area contributed by atoms with Gasteiger partial charge in [-0.25, -0.2) is 8.78 Å². The molecule has 1 amide bonds. The van der Waals surface area contributed by atoms with E-state index in [0.717, 1.165) is 37.8 Å². The van der Waals surface area contributed by atoms with E-state index in [9.17, 15) is 18.4 Å². The molecule has 1 fully saturated rings. The van der Waals surface area contributed by atoms with Crippen molar-refractivity contribution in [2.75, 3.05) is 13.7 Å². The van der Waals surface area contributed by atoms with Crippen LogP contribution in [-0.2, 0) is 9.53 Å². The van der Waals surface area contributed by atoms with Gasteiger partial charge in [0.15, 0.2) is 11.6 Å². The molecule has 6 heteroatoms. The van der Waals surface area contributed by atoms with E-state index in [-0.39, 0.29) is 18.2 Å². The molecule has 0 saturated heterocycles. The summed E-state index contributed by atoms with van der Waals surface area (Å²) in [5.74, 6) is -3.10. The predicted octanol–water partition coefficient (Wildman–Crippen LogP) is 2.52. The molecule has 2 rings (SSSR count). The number of amides is 1. The summed E-state index contributed by atoms with van der Waals surface area (Å²) in [6.45, 7) is -0.182. The van der Waals surface area contributed by atoms with Crippen LogP contribution in [-0.4, -0.2) is 36.5 Å². The Morgan fingerprint density at radius 2 is 1.90 bits per heavy atom. The molecule has 0 aliphatic heterocycles. The van der Waals surface area contributed by atoms with Crippen LogP contribution in [0.2, 0.25) is 0 Å². The molecule has 0 N–H and O–H groups in total. The largest absolute Gasteiger partial charge is 0.468 e. The molecule has 1 saturated carbocycles. The number of hydrogen-bond acceptors (Lipinski definition) is 3. The number of carbonyl (C=O) groups excluding carboxylic acids is 2. The maximum absolute atomic E-state index is 13.3. The summed E-state index contributed by atoms with van der Waals surface area (Å²) in [7, 11) is 1.25. The Morgan fingerprint density at radius 3 is 2.48 bits per heavy atom. The van der Waals surface area contributed by atoms with Crippen LogP contribution in [0.1, 0.15) is 36.0 Å². The van der Waals surface area contributed by atoms with Crippen molar-refractivity contribution < 1.29 is 23.1 Å². The number of carbonyl (C=O) groups is 2. The second kappa shape index (κ2) is 6.65. The number of benzene rings is 1. The Hall–Kier alpha value is -1.98. The SMILES string of the molecule is COC(=O)CN(C(=O)c1ccc(F)c(F)c1)C1CCCC1. The molecule has 0 heterocycles. The highest BCUT2D eigenvalue weighted by molar-refractivity contribution is 5.96. The van der Waals surface area contributed by atoms with Crippen molar-refractivity contribution >= 4 is 11.9 Å². The topological polar surface area (TPSA) is 46.6 Å². The molecular formula is C15H17F2NO3. The lowest BCUT2D eigenvalue weighted by Gasteiger charge is -2.28. The molecule has 21 heavy (non-hydrogen) atoms. The van der Waals surface area contributed by atoms with Gasteiger partial charge >= 0.3 is 5.97 Å². The molecule has 0 bridgehead atoms. The second-order valence-corrected chi connectivity index (χ2v) is 5.08. The quantitative estimate of drug-likeness (QED) is 0.802. The lowest BCUT2D eigenvalue weighted by atomic mass is 10.1. The smallest absolute Gasteiger partial charge is 0.325 e. The van der Waals surface area contributed by atoms with Gasteiger partial charge in [-0.15, -0.1) is 0 Å². The van der Waals surface area contributed by atoms with Gasteiger partial charge in [0.1, 0.15) is 6.54 Å². The fourth-order valence-electron chi connectivity index (χ4n) is 2.58. The van der Waals surface area contributed by atoms with Crippen LogP contribution in [0.25, 0.3) is 0 Å².